The number of imidazole rings is 1. The number of ketones is 1. The van der Waals surface area contributed by atoms with Crippen molar-refractivity contribution < 1.29 is 24.2 Å². The topological polar surface area (TPSA) is 105 Å². The van der Waals surface area contributed by atoms with Crippen molar-refractivity contribution in [3.8, 4) is 11.5 Å². The molecule has 0 radical (unpaired) electrons. The maximum absolute atomic E-state index is 13.3. The average molecular weight is 490 g/mol. The Hall–Kier alpha value is -4.30. The summed E-state index contributed by atoms with van der Waals surface area (Å²) in [5.74, 6) is -0.542. The van der Waals surface area contributed by atoms with Gasteiger partial charge in [-0.2, -0.15) is 0 Å². The van der Waals surface area contributed by atoms with Crippen molar-refractivity contribution in [2.75, 3.05) is 19.1 Å². The molecule has 5 rings (SSSR count). The van der Waals surface area contributed by atoms with E-state index in [9.17, 15) is 14.7 Å². The standard InChI is InChI=1S/C26H20ClN3O5/c1-34-17-9-5-14(6-10-17)22-21(23(31)15-3-7-16(27)8-4-15)24(32)25(33)30(22)26-28-19-12-11-18(35-2)13-20(19)29-26/h3-13,22,31H,1-2H3,(H,28,29)/b23-21+. The summed E-state index contributed by atoms with van der Waals surface area (Å²) in [5.41, 5.74) is 2.13. The number of hydrogen-bond acceptors (Lipinski definition) is 6. The fourth-order valence-electron chi connectivity index (χ4n) is 4.13. The van der Waals surface area contributed by atoms with Crippen molar-refractivity contribution >= 4 is 46.0 Å². The minimum Gasteiger partial charge on any atom is -0.507 e. The lowest BCUT2D eigenvalue weighted by atomic mass is 9.95. The molecule has 8 nitrogen and oxygen atoms in total. The van der Waals surface area contributed by atoms with Gasteiger partial charge >= 0.3 is 5.91 Å². The SMILES string of the molecule is COc1ccc(C2/C(=C(\O)c3ccc(Cl)cc3)C(=O)C(=O)N2c2nc3ccc(OC)cc3[nH]2)cc1. The van der Waals surface area contributed by atoms with Crippen molar-refractivity contribution in [3.05, 3.63) is 88.5 Å². The molecule has 0 saturated carbocycles. The predicted molar refractivity (Wildman–Crippen MR) is 132 cm³/mol. The quantitative estimate of drug-likeness (QED) is 0.236. The molecule has 1 atom stereocenters. The van der Waals surface area contributed by atoms with Gasteiger partial charge in [-0.25, -0.2) is 4.98 Å². The number of rotatable bonds is 5. The summed E-state index contributed by atoms with van der Waals surface area (Å²) >= 11 is 5.98. The lowest BCUT2D eigenvalue weighted by molar-refractivity contribution is -0.132. The molecule has 1 amide bonds. The number of fused-ring (bicyclic) bond motifs is 1. The first-order chi connectivity index (χ1) is 16.9. The van der Waals surface area contributed by atoms with Crippen molar-refractivity contribution in [1.82, 2.24) is 9.97 Å². The summed E-state index contributed by atoms with van der Waals surface area (Å²) in [6.45, 7) is 0. The summed E-state index contributed by atoms with van der Waals surface area (Å²) in [7, 11) is 3.10. The summed E-state index contributed by atoms with van der Waals surface area (Å²) < 4.78 is 10.5. The fraction of sp³-hybridized carbons (Fsp3) is 0.115. The number of nitrogens with zero attached hydrogens (tertiary/aromatic N) is 2. The number of aromatic nitrogens is 2. The Labute approximate surface area is 205 Å². The van der Waals surface area contributed by atoms with Crippen LogP contribution in [-0.4, -0.2) is 41.0 Å². The van der Waals surface area contributed by atoms with Gasteiger partial charge in [0.15, 0.2) is 0 Å². The maximum Gasteiger partial charge on any atom is 0.302 e. The molecule has 0 spiro atoms. The monoisotopic (exact) mass is 489 g/mol. The normalized spacial score (nSPS) is 17.2. The van der Waals surface area contributed by atoms with Crippen LogP contribution in [0.3, 0.4) is 0 Å². The molecule has 1 aliphatic rings. The number of aliphatic hydroxyl groups excluding tert-OH is 1. The summed E-state index contributed by atoms with van der Waals surface area (Å²) in [5, 5.41) is 11.6. The van der Waals surface area contributed by atoms with E-state index in [-0.39, 0.29) is 17.3 Å². The number of hydrogen-bond donors (Lipinski definition) is 2. The van der Waals surface area contributed by atoms with Crippen LogP contribution in [0.25, 0.3) is 16.8 Å². The van der Waals surface area contributed by atoms with Crippen LogP contribution in [0.15, 0.2) is 72.3 Å². The molecule has 1 fully saturated rings. The van der Waals surface area contributed by atoms with E-state index in [4.69, 9.17) is 21.1 Å². The first-order valence-electron chi connectivity index (χ1n) is 10.7. The Kier molecular flexibility index (Phi) is 5.66. The number of nitrogens with one attached hydrogen (secondary N) is 1. The molecule has 4 aromatic rings. The number of carbonyl (C=O) groups is 2. The first kappa shape index (κ1) is 22.5. The molecule has 2 N–H and O–H groups in total. The molecule has 176 valence electrons. The Morgan fingerprint density at radius 3 is 2.29 bits per heavy atom. The second-order valence-corrected chi connectivity index (χ2v) is 8.33. The second-order valence-electron chi connectivity index (χ2n) is 7.89. The summed E-state index contributed by atoms with van der Waals surface area (Å²) in [6.07, 6.45) is 0. The van der Waals surface area contributed by atoms with Gasteiger partial charge in [-0.1, -0.05) is 23.7 Å². The number of H-pyrrole nitrogens is 1. The number of methoxy groups -OCH3 is 2. The molecule has 1 aliphatic heterocycles. The number of anilines is 1. The highest BCUT2D eigenvalue weighted by Gasteiger charge is 2.48. The van der Waals surface area contributed by atoms with Crippen LogP contribution in [0.5, 0.6) is 11.5 Å². The average Bonchev–Trinajstić information content (AvgIpc) is 3.41. The number of carbonyl (C=O) groups excluding carboxylic acids is 2. The van der Waals surface area contributed by atoms with Gasteiger partial charge in [0.25, 0.3) is 5.78 Å². The summed E-state index contributed by atoms with van der Waals surface area (Å²) in [6, 6.07) is 17.6. The Morgan fingerprint density at radius 2 is 1.63 bits per heavy atom. The largest absolute Gasteiger partial charge is 0.507 e. The number of amides is 1. The third-order valence-electron chi connectivity index (χ3n) is 5.90. The van der Waals surface area contributed by atoms with Crippen molar-refractivity contribution in [2.24, 2.45) is 0 Å². The molecule has 1 saturated heterocycles. The van der Waals surface area contributed by atoms with Gasteiger partial charge in [-0.05, 0) is 54.1 Å². The maximum atomic E-state index is 13.3. The van der Waals surface area contributed by atoms with Crippen molar-refractivity contribution in [3.63, 3.8) is 0 Å². The third kappa shape index (κ3) is 3.87. The number of ether oxygens (including phenoxy) is 2. The van der Waals surface area contributed by atoms with E-state index < -0.39 is 17.7 Å². The molecule has 9 heteroatoms. The van der Waals surface area contributed by atoms with Crippen molar-refractivity contribution in [1.29, 1.82) is 0 Å². The molecular weight excluding hydrogens is 470 g/mol. The fourth-order valence-corrected chi connectivity index (χ4v) is 4.26. The second kappa shape index (κ2) is 8.81. The zero-order valence-electron chi connectivity index (χ0n) is 18.8. The Bertz CT molecular complexity index is 1480. The van der Waals surface area contributed by atoms with E-state index in [1.807, 2.05) is 0 Å². The van der Waals surface area contributed by atoms with Gasteiger partial charge in [0, 0.05) is 16.7 Å². The van der Waals surface area contributed by atoms with E-state index in [0.717, 1.165) is 0 Å². The number of Topliss-reactive ketones (excluding diaryl/α,β-unsaturated/α-hetero) is 1. The van der Waals surface area contributed by atoms with Crippen LogP contribution in [-0.2, 0) is 9.59 Å². The third-order valence-corrected chi connectivity index (χ3v) is 6.15. The van der Waals surface area contributed by atoms with Gasteiger partial charge < -0.3 is 19.6 Å². The van der Waals surface area contributed by atoms with Crippen LogP contribution >= 0.6 is 11.6 Å². The lowest BCUT2D eigenvalue weighted by Gasteiger charge is -2.23. The lowest BCUT2D eigenvalue weighted by Crippen LogP contribution is -2.30. The Balaban J connectivity index is 1.70. The number of aromatic amines is 1. The van der Waals surface area contributed by atoms with Gasteiger partial charge in [0.1, 0.15) is 17.3 Å². The number of halogens is 1. The molecule has 3 aromatic carbocycles. The zero-order chi connectivity index (χ0) is 24.7. The van der Waals surface area contributed by atoms with E-state index in [2.05, 4.69) is 9.97 Å². The van der Waals surface area contributed by atoms with Crippen LogP contribution in [0.2, 0.25) is 5.02 Å². The summed E-state index contributed by atoms with van der Waals surface area (Å²) in [4.78, 5) is 35.5. The van der Waals surface area contributed by atoms with E-state index in [1.165, 1.54) is 4.90 Å². The van der Waals surface area contributed by atoms with Crippen LogP contribution < -0.4 is 14.4 Å². The molecule has 0 bridgehead atoms. The van der Waals surface area contributed by atoms with E-state index >= 15 is 0 Å². The zero-order valence-corrected chi connectivity index (χ0v) is 19.5. The minimum atomic E-state index is -0.931. The van der Waals surface area contributed by atoms with Gasteiger partial charge in [0.2, 0.25) is 5.95 Å². The smallest absolute Gasteiger partial charge is 0.302 e. The molecule has 35 heavy (non-hydrogen) atoms. The molecule has 1 unspecified atom stereocenters. The van der Waals surface area contributed by atoms with Crippen LogP contribution in [0.1, 0.15) is 17.2 Å². The molecule has 0 aliphatic carbocycles. The van der Waals surface area contributed by atoms with Gasteiger partial charge in [0.05, 0.1) is 36.9 Å². The van der Waals surface area contributed by atoms with Crippen molar-refractivity contribution in [2.45, 2.75) is 6.04 Å². The van der Waals surface area contributed by atoms with Crippen LogP contribution in [0.4, 0.5) is 5.95 Å². The van der Waals surface area contributed by atoms with E-state index in [0.29, 0.717) is 38.7 Å². The highest BCUT2D eigenvalue weighted by atomic mass is 35.5. The minimum absolute atomic E-state index is 0.0551. The molecular formula is C26H20ClN3O5. The highest BCUT2D eigenvalue weighted by Crippen LogP contribution is 2.42. The highest BCUT2D eigenvalue weighted by molar-refractivity contribution is 6.51. The van der Waals surface area contributed by atoms with E-state index in [1.54, 1.807) is 80.9 Å². The Morgan fingerprint density at radius 1 is 0.971 bits per heavy atom. The molecule has 1 aromatic heterocycles. The van der Waals surface area contributed by atoms with Gasteiger partial charge in [-0.15, -0.1) is 0 Å². The van der Waals surface area contributed by atoms with Gasteiger partial charge in [-0.3, -0.25) is 14.5 Å². The number of benzene rings is 3. The molecule has 2 heterocycles. The first-order valence-corrected chi connectivity index (χ1v) is 11.0. The van der Waals surface area contributed by atoms with Crippen LogP contribution in [0, 0.1) is 0 Å². The number of aliphatic hydroxyl groups is 1. The predicted octanol–water partition coefficient (Wildman–Crippen LogP) is 4.86.